The van der Waals surface area contributed by atoms with Crippen LogP contribution in [-0.2, 0) is 9.53 Å². The van der Waals surface area contributed by atoms with Crippen molar-refractivity contribution in [3.8, 4) is 17.2 Å². The summed E-state index contributed by atoms with van der Waals surface area (Å²) in [5.41, 5.74) is 9.07. The minimum absolute atomic E-state index is 0.00717. The number of pyridine rings is 1. The fraction of sp³-hybridized carbons (Fsp3) is 0.440. The monoisotopic (exact) mass is 447 g/mol. The van der Waals surface area contributed by atoms with Crippen molar-refractivity contribution in [2.75, 3.05) is 38.3 Å². The number of nitrogens with two attached hydrogens (primary N) is 1. The number of nitriles is 1. The Labute approximate surface area is 193 Å². The highest BCUT2D eigenvalue weighted by Gasteiger charge is 2.33. The second kappa shape index (κ2) is 9.59. The van der Waals surface area contributed by atoms with Crippen LogP contribution in [0.4, 0.5) is 5.82 Å². The van der Waals surface area contributed by atoms with Crippen molar-refractivity contribution < 1.29 is 14.3 Å². The zero-order valence-corrected chi connectivity index (χ0v) is 19.1. The first kappa shape index (κ1) is 22.7. The van der Waals surface area contributed by atoms with Crippen molar-refractivity contribution in [3.63, 3.8) is 0 Å². The summed E-state index contributed by atoms with van der Waals surface area (Å²) in [4.78, 5) is 33.2. The van der Waals surface area contributed by atoms with Gasteiger partial charge in [-0.3, -0.25) is 9.59 Å². The zero-order valence-electron chi connectivity index (χ0n) is 19.1. The van der Waals surface area contributed by atoms with E-state index in [9.17, 15) is 14.9 Å². The number of piperazine rings is 1. The van der Waals surface area contributed by atoms with Gasteiger partial charge < -0.3 is 20.3 Å². The molecule has 2 N–H and O–H groups in total. The lowest BCUT2D eigenvalue weighted by molar-refractivity contribution is -0.134. The summed E-state index contributed by atoms with van der Waals surface area (Å²) >= 11 is 0. The number of carbonyl (C=O) groups is 2. The summed E-state index contributed by atoms with van der Waals surface area (Å²) in [6.07, 6.45) is 2.48. The normalized spacial score (nSPS) is 18.2. The topological polar surface area (TPSA) is 113 Å². The van der Waals surface area contributed by atoms with Crippen molar-refractivity contribution in [3.05, 3.63) is 47.2 Å². The van der Waals surface area contributed by atoms with E-state index in [1.165, 1.54) is 0 Å². The van der Waals surface area contributed by atoms with Crippen molar-refractivity contribution >= 4 is 17.6 Å². The molecule has 1 aromatic heterocycles. The Morgan fingerprint density at radius 3 is 2.70 bits per heavy atom. The van der Waals surface area contributed by atoms with Gasteiger partial charge in [0.2, 0.25) is 11.8 Å². The third kappa shape index (κ3) is 4.83. The Morgan fingerprint density at radius 1 is 1.27 bits per heavy atom. The summed E-state index contributed by atoms with van der Waals surface area (Å²) in [6.45, 7) is 4.24. The van der Waals surface area contributed by atoms with Crippen molar-refractivity contribution in [2.45, 2.75) is 38.1 Å². The van der Waals surface area contributed by atoms with E-state index in [0.717, 1.165) is 29.7 Å². The summed E-state index contributed by atoms with van der Waals surface area (Å²) in [5, 5.41) is 9.94. The molecule has 1 saturated heterocycles. The van der Waals surface area contributed by atoms with Gasteiger partial charge in [-0.05, 0) is 43.5 Å². The molecule has 2 heterocycles. The molecular formula is C25H29N5O3. The van der Waals surface area contributed by atoms with Gasteiger partial charge in [0.05, 0.1) is 24.3 Å². The fourth-order valence-corrected chi connectivity index (χ4v) is 4.43. The van der Waals surface area contributed by atoms with E-state index in [1.54, 1.807) is 25.3 Å². The largest absolute Gasteiger partial charge is 0.384 e. The van der Waals surface area contributed by atoms with Crippen LogP contribution in [-0.4, -0.2) is 61.1 Å². The van der Waals surface area contributed by atoms with Crippen LogP contribution < -0.4 is 10.6 Å². The maximum Gasteiger partial charge on any atom is 0.248 e. The lowest BCUT2D eigenvalue weighted by Crippen LogP contribution is -2.54. The number of methoxy groups -OCH3 is 1. The summed E-state index contributed by atoms with van der Waals surface area (Å²) in [5.74, 6) is 0.616. The number of hydrogen-bond acceptors (Lipinski definition) is 6. The molecule has 2 fully saturated rings. The molecule has 2 amide bonds. The van der Waals surface area contributed by atoms with E-state index in [0.29, 0.717) is 55.5 Å². The van der Waals surface area contributed by atoms with Gasteiger partial charge in [-0.2, -0.15) is 5.26 Å². The van der Waals surface area contributed by atoms with Crippen LogP contribution in [0.2, 0.25) is 0 Å². The molecule has 0 spiro atoms. The first-order chi connectivity index (χ1) is 15.9. The lowest BCUT2D eigenvalue weighted by atomic mass is 9.97. The number of amides is 2. The molecule has 172 valence electrons. The average molecular weight is 448 g/mol. The molecule has 1 atom stereocenters. The predicted molar refractivity (Wildman–Crippen MR) is 125 cm³/mol. The van der Waals surface area contributed by atoms with Gasteiger partial charge in [0.25, 0.3) is 0 Å². The Hall–Kier alpha value is -3.44. The average Bonchev–Trinajstić information content (AvgIpc) is 3.67. The molecule has 1 aliphatic carbocycles. The number of rotatable bonds is 7. The molecule has 0 radical (unpaired) electrons. The van der Waals surface area contributed by atoms with Gasteiger partial charge in [-0.1, -0.05) is 12.1 Å². The maximum atomic E-state index is 12.5. The SMILES string of the molecule is COCCC(=O)N1CCN(c2nc(C3CC3)c(-c3cccc(C(N)=O)c3)cc2C#N)CC1C. The van der Waals surface area contributed by atoms with Crippen LogP contribution >= 0.6 is 0 Å². The smallest absolute Gasteiger partial charge is 0.248 e. The van der Waals surface area contributed by atoms with E-state index in [2.05, 4.69) is 11.0 Å². The van der Waals surface area contributed by atoms with Gasteiger partial charge in [0.1, 0.15) is 11.9 Å². The summed E-state index contributed by atoms with van der Waals surface area (Å²) < 4.78 is 5.04. The predicted octanol–water partition coefficient (Wildman–Crippen LogP) is 2.67. The molecule has 8 heteroatoms. The fourth-order valence-electron chi connectivity index (χ4n) is 4.43. The Balaban J connectivity index is 1.65. The molecule has 4 rings (SSSR count). The van der Waals surface area contributed by atoms with Gasteiger partial charge in [-0.25, -0.2) is 4.98 Å². The lowest BCUT2D eigenvalue weighted by Gasteiger charge is -2.41. The maximum absolute atomic E-state index is 12.5. The first-order valence-corrected chi connectivity index (χ1v) is 11.3. The third-order valence-electron chi connectivity index (χ3n) is 6.34. The van der Waals surface area contributed by atoms with Crippen LogP contribution in [0.3, 0.4) is 0 Å². The number of hydrogen-bond donors (Lipinski definition) is 1. The molecule has 2 aromatic rings. The third-order valence-corrected chi connectivity index (χ3v) is 6.34. The molecule has 1 aromatic carbocycles. The molecule has 33 heavy (non-hydrogen) atoms. The standard InChI is InChI=1S/C25H29N5O3/c1-16-15-29(9-10-30(16)22(31)8-11-33-2)25-20(14-26)13-21(23(28-25)17-6-7-17)18-4-3-5-19(12-18)24(27)32/h3-5,12-13,16-17H,6-11,15H2,1-2H3,(H2,27,32). The summed E-state index contributed by atoms with van der Waals surface area (Å²) in [6, 6.07) is 11.4. The molecule has 1 unspecified atom stereocenters. The highest BCUT2D eigenvalue weighted by molar-refractivity contribution is 5.94. The number of nitrogens with zero attached hydrogens (tertiary/aromatic N) is 4. The van der Waals surface area contributed by atoms with Gasteiger partial charge in [-0.15, -0.1) is 0 Å². The van der Waals surface area contributed by atoms with Gasteiger partial charge >= 0.3 is 0 Å². The van der Waals surface area contributed by atoms with Crippen molar-refractivity contribution in [1.29, 1.82) is 5.26 Å². The molecule has 0 bridgehead atoms. The number of primary amides is 1. The second-order valence-corrected chi connectivity index (χ2v) is 8.75. The molecule has 1 aliphatic heterocycles. The van der Waals surface area contributed by atoms with Gasteiger partial charge in [0, 0.05) is 49.8 Å². The molecular weight excluding hydrogens is 418 g/mol. The molecule has 1 saturated carbocycles. The van der Waals surface area contributed by atoms with E-state index < -0.39 is 5.91 Å². The number of benzene rings is 1. The second-order valence-electron chi connectivity index (χ2n) is 8.75. The van der Waals surface area contributed by atoms with Crippen LogP contribution in [0.5, 0.6) is 0 Å². The Bertz CT molecular complexity index is 1110. The van der Waals surface area contributed by atoms with E-state index in [-0.39, 0.29) is 11.9 Å². The van der Waals surface area contributed by atoms with Crippen LogP contribution in [0, 0.1) is 11.3 Å². The Kier molecular flexibility index (Phi) is 6.61. The van der Waals surface area contributed by atoms with E-state index >= 15 is 0 Å². The van der Waals surface area contributed by atoms with E-state index in [1.807, 2.05) is 24.0 Å². The number of ether oxygens (including phenoxy) is 1. The highest BCUT2D eigenvalue weighted by Crippen LogP contribution is 2.45. The van der Waals surface area contributed by atoms with Gasteiger partial charge in [0.15, 0.2) is 0 Å². The minimum Gasteiger partial charge on any atom is -0.384 e. The number of carbonyl (C=O) groups excluding carboxylic acids is 2. The van der Waals surface area contributed by atoms with Crippen molar-refractivity contribution in [1.82, 2.24) is 9.88 Å². The minimum atomic E-state index is -0.484. The van der Waals surface area contributed by atoms with Crippen molar-refractivity contribution in [2.24, 2.45) is 5.73 Å². The Morgan fingerprint density at radius 2 is 2.06 bits per heavy atom. The molecule has 2 aliphatic rings. The van der Waals surface area contributed by atoms with Crippen LogP contribution in [0.25, 0.3) is 11.1 Å². The molecule has 8 nitrogen and oxygen atoms in total. The summed E-state index contributed by atoms with van der Waals surface area (Å²) in [7, 11) is 1.59. The quantitative estimate of drug-likeness (QED) is 0.698. The number of aromatic nitrogens is 1. The zero-order chi connectivity index (χ0) is 23.5. The van der Waals surface area contributed by atoms with Crippen LogP contribution in [0.1, 0.15) is 53.7 Å². The highest BCUT2D eigenvalue weighted by atomic mass is 16.5. The van der Waals surface area contributed by atoms with Crippen LogP contribution in [0.15, 0.2) is 30.3 Å². The number of anilines is 1. The first-order valence-electron chi connectivity index (χ1n) is 11.3. The van der Waals surface area contributed by atoms with E-state index in [4.69, 9.17) is 15.5 Å².